The molecule has 2 aromatic rings. The smallest absolute Gasteiger partial charge is 0.189 e. The van der Waals surface area contributed by atoms with Crippen LogP contribution < -0.4 is 5.43 Å². The Bertz CT molecular complexity index is 647. The molecular formula is C13H12N2O. The highest BCUT2D eigenvalue weighted by Crippen LogP contribution is 2.16. The predicted octanol–water partition coefficient (Wildman–Crippen LogP) is 2.21. The fourth-order valence-corrected chi connectivity index (χ4v) is 1.94. The highest BCUT2D eigenvalue weighted by Gasteiger charge is 2.05. The van der Waals surface area contributed by atoms with E-state index in [1.54, 1.807) is 0 Å². The van der Waals surface area contributed by atoms with Crippen molar-refractivity contribution in [1.82, 2.24) is 4.98 Å². The van der Waals surface area contributed by atoms with Crippen LogP contribution in [0.4, 0.5) is 0 Å². The molecule has 0 radical (unpaired) electrons. The molecule has 1 aromatic carbocycles. The van der Waals surface area contributed by atoms with Crippen LogP contribution in [0.5, 0.6) is 0 Å². The number of nitrogens with one attached hydrogen (secondary N) is 1. The average molecular weight is 212 g/mol. The number of benzene rings is 1. The lowest BCUT2D eigenvalue weighted by molar-refractivity contribution is 1.13. The van der Waals surface area contributed by atoms with Crippen molar-refractivity contribution in [3.63, 3.8) is 0 Å². The Kier molecular flexibility index (Phi) is 2.49. The number of rotatable bonds is 1. The van der Waals surface area contributed by atoms with Crippen molar-refractivity contribution in [3.05, 3.63) is 45.2 Å². The van der Waals surface area contributed by atoms with Gasteiger partial charge in [-0.15, -0.1) is 0 Å². The van der Waals surface area contributed by atoms with Gasteiger partial charge in [0.25, 0.3) is 0 Å². The van der Waals surface area contributed by atoms with E-state index in [9.17, 15) is 4.79 Å². The molecule has 0 amide bonds. The molecule has 0 fully saturated rings. The summed E-state index contributed by atoms with van der Waals surface area (Å²) in [4.78, 5) is 15.0. The zero-order valence-corrected chi connectivity index (χ0v) is 9.29. The first-order valence-corrected chi connectivity index (χ1v) is 5.12. The molecule has 3 nitrogen and oxygen atoms in total. The summed E-state index contributed by atoms with van der Waals surface area (Å²) in [5, 5.41) is 9.32. The minimum atomic E-state index is -0.0224. The molecule has 0 atom stereocenters. The summed E-state index contributed by atoms with van der Waals surface area (Å²) in [5.41, 5.74) is 3.59. The van der Waals surface area contributed by atoms with Crippen LogP contribution in [0.2, 0.25) is 0 Å². The zero-order chi connectivity index (χ0) is 11.7. The molecule has 0 aliphatic rings. The summed E-state index contributed by atoms with van der Waals surface area (Å²) in [5.74, 6) is 0. The third-order valence-corrected chi connectivity index (χ3v) is 2.61. The summed E-state index contributed by atoms with van der Waals surface area (Å²) in [7, 11) is 0. The first kappa shape index (κ1) is 10.4. The van der Waals surface area contributed by atoms with Crippen LogP contribution in [-0.4, -0.2) is 4.98 Å². The standard InChI is InChI=1S/C13H12N2O/c1-8-5-9(2)13-11(6-8)12(16)7-10(15-13)3-4-14/h5-7H,3H2,1-2H3,(H,15,16). The van der Waals surface area contributed by atoms with Gasteiger partial charge in [-0.1, -0.05) is 6.07 Å². The Morgan fingerprint density at radius 3 is 2.75 bits per heavy atom. The molecule has 80 valence electrons. The van der Waals surface area contributed by atoms with Gasteiger partial charge in [0.2, 0.25) is 0 Å². The van der Waals surface area contributed by atoms with E-state index in [4.69, 9.17) is 5.26 Å². The maximum Gasteiger partial charge on any atom is 0.189 e. The SMILES string of the molecule is Cc1cc(C)c2[nH]c(CC#N)cc(=O)c2c1. The molecule has 2 rings (SSSR count). The average Bonchev–Trinajstić information content (AvgIpc) is 2.20. The molecule has 16 heavy (non-hydrogen) atoms. The summed E-state index contributed by atoms with van der Waals surface area (Å²) >= 11 is 0. The van der Waals surface area contributed by atoms with Gasteiger partial charge in [-0.25, -0.2) is 0 Å². The van der Waals surface area contributed by atoms with Crippen LogP contribution in [0.3, 0.4) is 0 Å². The molecule has 0 unspecified atom stereocenters. The van der Waals surface area contributed by atoms with E-state index >= 15 is 0 Å². The minimum Gasteiger partial charge on any atom is -0.357 e. The molecule has 0 saturated heterocycles. The molecule has 0 aliphatic carbocycles. The van der Waals surface area contributed by atoms with Crippen molar-refractivity contribution in [3.8, 4) is 6.07 Å². The summed E-state index contributed by atoms with van der Waals surface area (Å²) in [6, 6.07) is 7.44. The Morgan fingerprint density at radius 2 is 2.06 bits per heavy atom. The first-order chi connectivity index (χ1) is 7.61. The van der Waals surface area contributed by atoms with Gasteiger partial charge in [-0.2, -0.15) is 5.26 Å². The van der Waals surface area contributed by atoms with Gasteiger partial charge in [-0.05, 0) is 31.0 Å². The van der Waals surface area contributed by atoms with Crippen LogP contribution in [0, 0.1) is 25.2 Å². The van der Waals surface area contributed by atoms with Crippen LogP contribution in [0.1, 0.15) is 16.8 Å². The number of aryl methyl sites for hydroxylation is 2. The van der Waals surface area contributed by atoms with E-state index in [0.29, 0.717) is 11.1 Å². The third-order valence-electron chi connectivity index (χ3n) is 2.61. The van der Waals surface area contributed by atoms with E-state index in [1.807, 2.05) is 32.0 Å². The maximum atomic E-state index is 11.8. The second kappa shape index (κ2) is 3.82. The second-order valence-electron chi connectivity index (χ2n) is 4.00. The highest BCUT2D eigenvalue weighted by molar-refractivity contribution is 5.82. The van der Waals surface area contributed by atoms with Gasteiger partial charge >= 0.3 is 0 Å². The van der Waals surface area contributed by atoms with Crippen LogP contribution in [0.15, 0.2) is 23.0 Å². The summed E-state index contributed by atoms with van der Waals surface area (Å²) in [6.45, 7) is 3.93. The van der Waals surface area contributed by atoms with Gasteiger partial charge in [0.1, 0.15) is 0 Å². The van der Waals surface area contributed by atoms with E-state index in [2.05, 4.69) is 4.98 Å². The van der Waals surface area contributed by atoms with Crippen molar-refractivity contribution in [2.24, 2.45) is 0 Å². The monoisotopic (exact) mass is 212 g/mol. The second-order valence-corrected chi connectivity index (χ2v) is 4.00. The molecule has 0 spiro atoms. The predicted molar refractivity (Wildman–Crippen MR) is 63.4 cm³/mol. The minimum absolute atomic E-state index is 0.0224. The number of hydrogen-bond acceptors (Lipinski definition) is 2. The Hall–Kier alpha value is -2.08. The Morgan fingerprint density at radius 1 is 1.31 bits per heavy atom. The van der Waals surface area contributed by atoms with Crippen molar-refractivity contribution in [1.29, 1.82) is 5.26 Å². The zero-order valence-electron chi connectivity index (χ0n) is 9.29. The molecule has 1 aromatic heterocycles. The third kappa shape index (κ3) is 1.70. The van der Waals surface area contributed by atoms with Gasteiger partial charge < -0.3 is 4.98 Å². The summed E-state index contributed by atoms with van der Waals surface area (Å²) < 4.78 is 0. The number of nitrogens with zero attached hydrogens (tertiary/aromatic N) is 1. The van der Waals surface area contributed by atoms with Gasteiger partial charge in [0.15, 0.2) is 5.43 Å². The number of nitriles is 1. The fourth-order valence-electron chi connectivity index (χ4n) is 1.94. The molecule has 1 N–H and O–H groups in total. The van der Waals surface area contributed by atoms with E-state index in [-0.39, 0.29) is 11.8 Å². The number of hydrogen-bond donors (Lipinski definition) is 1. The normalized spacial score (nSPS) is 10.3. The maximum absolute atomic E-state index is 11.8. The number of aromatic nitrogens is 1. The first-order valence-electron chi connectivity index (χ1n) is 5.12. The van der Waals surface area contributed by atoms with Crippen LogP contribution in [-0.2, 0) is 6.42 Å². The Labute approximate surface area is 93.3 Å². The lowest BCUT2D eigenvalue weighted by Gasteiger charge is -2.05. The molecule has 0 bridgehead atoms. The largest absolute Gasteiger partial charge is 0.357 e. The molecule has 0 saturated carbocycles. The van der Waals surface area contributed by atoms with Crippen LogP contribution >= 0.6 is 0 Å². The van der Waals surface area contributed by atoms with Crippen molar-refractivity contribution in [2.45, 2.75) is 20.3 Å². The number of H-pyrrole nitrogens is 1. The lowest BCUT2D eigenvalue weighted by Crippen LogP contribution is -2.06. The number of pyridine rings is 1. The Balaban J connectivity index is 2.83. The molecule has 1 heterocycles. The molecular weight excluding hydrogens is 200 g/mol. The van der Waals surface area contributed by atoms with Gasteiger partial charge in [0.05, 0.1) is 18.0 Å². The van der Waals surface area contributed by atoms with Crippen molar-refractivity contribution in [2.75, 3.05) is 0 Å². The quantitative estimate of drug-likeness (QED) is 0.787. The topological polar surface area (TPSA) is 56.6 Å². The highest BCUT2D eigenvalue weighted by atomic mass is 16.1. The summed E-state index contributed by atoms with van der Waals surface area (Å²) in [6.07, 6.45) is 0.235. The van der Waals surface area contributed by atoms with E-state index in [0.717, 1.165) is 16.6 Å². The van der Waals surface area contributed by atoms with Crippen LogP contribution in [0.25, 0.3) is 10.9 Å². The van der Waals surface area contributed by atoms with Gasteiger partial charge in [-0.3, -0.25) is 4.79 Å². The number of fused-ring (bicyclic) bond motifs is 1. The van der Waals surface area contributed by atoms with Crippen molar-refractivity contribution >= 4 is 10.9 Å². The van der Waals surface area contributed by atoms with E-state index in [1.165, 1.54) is 6.07 Å². The van der Waals surface area contributed by atoms with Gasteiger partial charge in [0, 0.05) is 17.1 Å². The molecule has 3 heteroatoms. The van der Waals surface area contributed by atoms with Crippen molar-refractivity contribution < 1.29 is 0 Å². The number of aromatic amines is 1. The lowest BCUT2D eigenvalue weighted by atomic mass is 10.1. The molecule has 0 aliphatic heterocycles. The van der Waals surface area contributed by atoms with E-state index < -0.39 is 0 Å². The fraction of sp³-hybridized carbons (Fsp3) is 0.231.